The number of ether oxygens (including phenoxy) is 5. The number of hydrogen-bond acceptors (Lipinski definition) is 12. The average Bonchev–Trinajstić information content (AvgIpc) is 3.36. The van der Waals surface area contributed by atoms with Crippen molar-refractivity contribution in [2.24, 2.45) is 0 Å². The van der Waals surface area contributed by atoms with Crippen molar-refractivity contribution in [3.05, 3.63) is 27.7 Å². The highest BCUT2D eigenvalue weighted by Crippen LogP contribution is 2.42. The number of methoxy groups -OCH3 is 3. The predicted molar refractivity (Wildman–Crippen MR) is 173 cm³/mol. The first-order valence-electron chi connectivity index (χ1n) is 15.0. The predicted octanol–water partition coefficient (Wildman–Crippen LogP) is 3.22. The third-order valence-electron chi connectivity index (χ3n) is 7.32. The number of esters is 2. The van der Waals surface area contributed by atoms with Crippen molar-refractivity contribution in [1.82, 2.24) is 15.5 Å². The quantitative estimate of drug-likeness (QED) is 0.192. The Hall–Kier alpha value is -3.53. The Morgan fingerprint density at radius 1 is 0.958 bits per heavy atom. The van der Waals surface area contributed by atoms with Crippen molar-refractivity contribution in [2.75, 3.05) is 27.9 Å². The van der Waals surface area contributed by atoms with Crippen molar-refractivity contribution in [3.8, 4) is 5.75 Å². The minimum atomic E-state index is -2.24. The van der Waals surface area contributed by atoms with Crippen LogP contribution in [0.4, 0.5) is 9.59 Å². The highest BCUT2D eigenvalue weighted by Gasteiger charge is 2.62. The number of carbonyl (C=O) groups is 5. The summed E-state index contributed by atoms with van der Waals surface area (Å²) < 4.78 is 26.0. The molecule has 1 fully saturated rings. The van der Waals surface area contributed by atoms with Crippen LogP contribution in [0.2, 0.25) is 10.0 Å². The molecule has 0 bridgehead atoms. The number of rotatable bonds is 11. The highest BCUT2D eigenvalue weighted by molar-refractivity contribution is 6.37. The number of aliphatic hydroxyl groups is 2. The Bertz CT molecular complexity index is 1340. The zero-order chi connectivity index (χ0) is 36.8. The summed E-state index contributed by atoms with van der Waals surface area (Å²) in [4.78, 5) is 67.4. The van der Waals surface area contributed by atoms with Crippen LogP contribution in [0.15, 0.2) is 12.1 Å². The zero-order valence-corrected chi connectivity index (χ0v) is 30.0. The monoisotopic (exact) mass is 721 g/mol. The molecule has 0 saturated carbocycles. The number of hydrogen-bond donors (Lipinski definition) is 4. The standard InChI is InChI=1S/C31H45Cl2N3O12/c1-29(2,3)47-27(42)35-21(15-37)23(38)31(26(41)46-9)11-10-17(36(31)28(43)48-30(4,5)6)14-20(25(40)45-8)34-24(39)16-12-18(32)22(44-7)19(33)13-16/h12-13,17,20-21,23,37-38H,10-11,14-15H2,1-9H3,(H,34,39)(H,35,42)/t17-,20+,21+,23+,31-/m1/s1. The van der Waals surface area contributed by atoms with Gasteiger partial charge in [-0.3, -0.25) is 9.69 Å². The Labute approximate surface area is 289 Å². The van der Waals surface area contributed by atoms with Crippen LogP contribution in [-0.2, 0) is 28.5 Å². The summed E-state index contributed by atoms with van der Waals surface area (Å²) in [5.41, 5.74) is -4.29. The summed E-state index contributed by atoms with van der Waals surface area (Å²) >= 11 is 12.4. The summed E-state index contributed by atoms with van der Waals surface area (Å²) in [6, 6.07) is -1.45. The first kappa shape index (κ1) is 40.6. The van der Waals surface area contributed by atoms with Crippen molar-refractivity contribution >= 4 is 53.2 Å². The third kappa shape index (κ3) is 9.77. The fourth-order valence-corrected chi connectivity index (χ4v) is 6.01. The van der Waals surface area contributed by atoms with Gasteiger partial charge in [-0.05, 0) is 72.9 Å². The minimum absolute atomic E-state index is 0.0199. The number of amides is 3. The number of nitrogens with zero attached hydrogens (tertiary/aromatic N) is 1. The molecular weight excluding hydrogens is 677 g/mol. The van der Waals surface area contributed by atoms with E-state index >= 15 is 0 Å². The Balaban J connectivity index is 2.60. The van der Waals surface area contributed by atoms with Crippen LogP contribution in [0.5, 0.6) is 5.75 Å². The van der Waals surface area contributed by atoms with Crippen molar-refractivity contribution in [3.63, 3.8) is 0 Å². The normalized spacial score (nSPS) is 19.8. The van der Waals surface area contributed by atoms with E-state index in [1.165, 1.54) is 19.2 Å². The zero-order valence-electron chi connectivity index (χ0n) is 28.5. The Morgan fingerprint density at radius 2 is 1.52 bits per heavy atom. The molecule has 17 heteroatoms. The van der Waals surface area contributed by atoms with Gasteiger partial charge < -0.3 is 44.5 Å². The van der Waals surface area contributed by atoms with Gasteiger partial charge in [0.1, 0.15) is 23.3 Å². The van der Waals surface area contributed by atoms with E-state index in [-0.39, 0.29) is 40.6 Å². The molecular formula is C31H45Cl2N3O12. The van der Waals surface area contributed by atoms with Crippen LogP contribution in [0.25, 0.3) is 0 Å². The Morgan fingerprint density at radius 3 is 1.98 bits per heavy atom. The van der Waals surface area contributed by atoms with E-state index in [0.29, 0.717) is 0 Å². The van der Waals surface area contributed by atoms with E-state index in [2.05, 4.69) is 10.6 Å². The summed E-state index contributed by atoms with van der Waals surface area (Å²) in [6.07, 6.45) is -4.68. The third-order valence-corrected chi connectivity index (χ3v) is 7.88. The van der Waals surface area contributed by atoms with Gasteiger partial charge in [-0.15, -0.1) is 0 Å². The van der Waals surface area contributed by atoms with Gasteiger partial charge in [0, 0.05) is 11.6 Å². The number of nitrogens with one attached hydrogen (secondary N) is 2. The molecule has 3 amide bonds. The maximum absolute atomic E-state index is 13.9. The van der Waals surface area contributed by atoms with Crippen LogP contribution >= 0.6 is 23.2 Å². The molecule has 0 aromatic heterocycles. The van der Waals surface area contributed by atoms with Crippen LogP contribution in [0.3, 0.4) is 0 Å². The van der Waals surface area contributed by atoms with Gasteiger partial charge in [0.05, 0.1) is 44.0 Å². The van der Waals surface area contributed by atoms with E-state index in [1.807, 2.05) is 0 Å². The van der Waals surface area contributed by atoms with E-state index < -0.39 is 77.6 Å². The molecule has 0 spiro atoms. The molecule has 5 atom stereocenters. The van der Waals surface area contributed by atoms with Gasteiger partial charge in [0.2, 0.25) is 0 Å². The number of halogens is 2. The molecule has 1 aliphatic heterocycles. The van der Waals surface area contributed by atoms with Gasteiger partial charge in [-0.1, -0.05) is 23.2 Å². The lowest BCUT2D eigenvalue weighted by molar-refractivity contribution is -0.164. The number of benzene rings is 1. The highest BCUT2D eigenvalue weighted by atomic mass is 35.5. The van der Waals surface area contributed by atoms with E-state index in [0.717, 1.165) is 19.1 Å². The van der Waals surface area contributed by atoms with Crippen molar-refractivity contribution in [1.29, 1.82) is 0 Å². The van der Waals surface area contributed by atoms with Crippen molar-refractivity contribution < 1.29 is 57.9 Å². The Kier molecular flexibility index (Phi) is 13.8. The van der Waals surface area contributed by atoms with Gasteiger partial charge in [0.15, 0.2) is 11.3 Å². The largest absolute Gasteiger partial charge is 0.494 e. The molecule has 0 unspecified atom stereocenters. The number of aliphatic hydroxyl groups excluding tert-OH is 2. The van der Waals surface area contributed by atoms with Gasteiger partial charge in [-0.2, -0.15) is 0 Å². The molecule has 48 heavy (non-hydrogen) atoms. The van der Waals surface area contributed by atoms with Crippen LogP contribution in [0.1, 0.15) is 71.2 Å². The molecule has 2 rings (SSSR count). The molecule has 1 aliphatic rings. The molecule has 0 radical (unpaired) electrons. The lowest BCUT2D eigenvalue weighted by atomic mass is 9.85. The van der Waals surface area contributed by atoms with Crippen LogP contribution in [-0.4, -0.2) is 114 Å². The topological polar surface area (TPSA) is 199 Å². The maximum atomic E-state index is 13.9. The summed E-state index contributed by atoms with van der Waals surface area (Å²) in [6.45, 7) is 8.67. The number of carbonyl (C=O) groups excluding carboxylic acids is 5. The molecule has 270 valence electrons. The fraction of sp³-hybridized carbons (Fsp3) is 0.645. The molecule has 1 saturated heterocycles. The van der Waals surface area contributed by atoms with E-state index in [1.54, 1.807) is 41.5 Å². The average molecular weight is 723 g/mol. The van der Waals surface area contributed by atoms with Gasteiger partial charge in [-0.25, -0.2) is 19.2 Å². The van der Waals surface area contributed by atoms with Crippen LogP contribution in [0, 0.1) is 0 Å². The maximum Gasteiger partial charge on any atom is 0.411 e. The van der Waals surface area contributed by atoms with Gasteiger partial charge >= 0.3 is 24.1 Å². The second-order valence-corrected chi connectivity index (χ2v) is 13.9. The van der Waals surface area contributed by atoms with Crippen LogP contribution < -0.4 is 15.4 Å². The first-order chi connectivity index (χ1) is 22.1. The molecule has 15 nitrogen and oxygen atoms in total. The SMILES string of the molecule is COC(=O)[C@H](C[C@H]1CC[C@](C(=O)OC)([C@@H](O)[C@H](CO)NC(=O)OC(C)(C)C)N1C(=O)OC(C)(C)C)NC(=O)c1cc(Cl)c(OC)c(Cl)c1. The molecule has 4 N–H and O–H groups in total. The first-order valence-corrected chi connectivity index (χ1v) is 15.7. The second kappa shape index (κ2) is 16.2. The molecule has 0 aliphatic carbocycles. The molecule has 1 aromatic carbocycles. The molecule has 1 heterocycles. The lowest BCUT2D eigenvalue weighted by Gasteiger charge is -2.44. The summed E-state index contributed by atoms with van der Waals surface area (Å²) in [5, 5.41) is 26.9. The van der Waals surface area contributed by atoms with E-state index in [4.69, 9.17) is 46.9 Å². The van der Waals surface area contributed by atoms with Crippen molar-refractivity contribution in [2.45, 2.75) is 102 Å². The lowest BCUT2D eigenvalue weighted by Crippen LogP contribution is -2.68. The summed E-state index contributed by atoms with van der Waals surface area (Å²) in [7, 11) is 3.48. The minimum Gasteiger partial charge on any atom is -0.494 e. The number of likely N-dealkylation sites (tertiary alicyclic amines) is 1. The second-order valence-electron chi connectivity index (χ2n) is 13.1. The van der Waals surface area contributed by atoms with E-state index in [9.17, 15) is 34.2 Å². The fourth-order valence-electron chi connectivity index (χ4n) is 5.37. The molecule has 1 aromatic rings. The number of alkyl carbamates (subject to hydrolysis) is 1. The smallest absolute Gasteiger partial charge is 0.411 e. The van der Waals surface area contributed by atoms with Gasteiger partial charge in [0.25, 0.3) is 5.91 Å². The summed E-state index contributed by atoms with van der Waals surface area (Å²) in [5.74, 6) is -2.62.